The van der Waals surface area contributed by atoms with E-state index in [-0.39, 0.29) is 12.0 Å². The number of fused-ring (bicyclic) bond motifs is 1. The Bertz CT molecular complexity index is 955. The second-order valence-electron chi connectivity index (χ2n) is 9.51. The zero-order chi connectivity index (χ0) is 22.1. The Kier molecular flexibility index (Phi) is 5.72. The van der Waals surface area contributed by atoms with Crippen LogP contribution in [0.3, 0.4) is 0 Å². The van der Waals surface area contributed by atoms with Gasteiger partial charge in [-0.05, 0) is 37.5 Å². The van der Waals surface area contributed by atoms with Crippen molar-refractivity contribution in [3.63, 3.8) is 0 Å². The number of benzene rings is 1. The quantitative estimate of drug-likeness (QED) is 0.683. The SMILES string of the molecule is CC1(N2CCN(C(=O)C3CCCCC3)CC2)N=C2C=CC(C=O)=CN2C1c1ccccc1. The number of carbonyl (C=O) groups excluding carboxylic acids is 2. The average Bonchev–Trinajstić information content (AvgIpc) is 3.16. The van der Waals surface area contributed by atoms with Gasteiger partial charge in [-0.1, -0.05) is 49.6 Å². The Morgan fingerprint density at radius 2 is 1.75 bits per heavy atom. The van der Waals surface area contributed by atoms with Crippen LogP contribution in [0.25, 0.3) is 0 Å². The highest BCUT2D eigenvalue weighted by Crippen LogP contribution is 2.44. The molecule has 0 spiro atoms. The first-order valence-corrected chi connectivity index (χ1v) is 11.9. The predicted octanol–water partition coefficient (Wildman–Crippen LogP) is 3.54. The van der Waals surface area contributed by atoms with Gasteiger partial charge in [0, 0.05) is 43.9 Å². The molecule has 6 heteroatoms. The van der Waals surface area contributed by atoms with Crippen LogP contribution in [0.1, 0.15) is 50.6 Å². The molecule has 3 aliphatic heterocycles. The van der Waals surface area contributed by atoms with E-state index in [0.717, 1.165) is 51.1 Å². The van der Waals surface area contributed by atoms with Gasteiger partial charge in [0.05, 0.1) is 6.04 Å². The van der Waals surface area contributed by atoms with Crippen LogP contribution in [-0.4, -0.2) is 64.6 Å². The molecule has 4 aliphatic rings. The van der Waals surface area contributed by atoms with Gasteiger partial charge < -0.3 is 9.80 Å². The summed E-state index contributed by atoms with van der Waals surface area (Å²) >= 11 is 0. The summed E-state index contributed by atoms with van der Waals surface area (Å²) in [5, 5.41) is 0. The van der Waals surface area contributed by atoms with Gasteiger partial charge in [0.25, 0.3) is 0 Å². The molecule has 32 heavy (non-hydrogen) atoms. The molecule has 1 saturated carbocycles. The number of aliphatic imine (C=N–C) groups is 1. The Balaban J connectivity index is 1.38. The van der Waals surface area contributed by atoms with Gasteiger partial charge in [0.1, 0.15) is 11.5 Å². The molecule has 3 heterocycles. The number of hydrogen-bond acceptors (Lipinski definition) is 5. The fraction of sp³-hybridized carbons (Fsp3) is 0.500. The fourth-order valence-corrected chi connectivity index (χ4v) is 5.80. The van der Waals surface area contributed by atoms with E-state index in [4.69, 9.17) is 4.99 Å². The van der Waals surface area contributed by atoms with E-state index in [1.165, 1.54) is 24.8 Å². The summed E-state index contributed by atoms with van der Waals surface area (Å²) in [6.45, 7) is 5.30. The highest BCUT2D eigenvalue weighted by Gasteiger charge is 2.50. The van der Waals surface area contributed by atoms with Crippen molar-refractivity contribution >= 4 is 18.0 Å². The van der Waals surface area contributed by atoms with Crippen LogP contribution in [-0.2, 0) is 9.59 Å². The predicted molar refractivity (Wildman–Crippen MR) is 125 cm³/mol. The molecule has 0 radical (unpaired) electrons. The lowest BCUT2D eigenvalue weighted by atomic mass is 9.88. The third-order valence-electron chi connectivity index (χ3n) is 7.55. The maximum absolute atomic E-state index is 13.0. The number of nitrogens with zero attached hydrogens (tertiary/aromatic N) is 4. The summed E-state index contributed by atoms with van der Waals surface area (Å²) in [6, 6.07) is 10.4. The van der Waals surface area contributed by atoms with E-state index in [9.17, 15) is 9.59 Å². The van der Waals surface area contributed by atoms with Crippen molar-refractivity contribution in [2.24, 2.45) is 10.9 Å². The van der Waals surface area contributed by atoms with Crippen molar-refractivity contribution in [2.75, 3.05) is 26.2 Å². The van der Waals surface area contributed by atoms with Crippen LogP contribution in [0.15, 0.2) is 59.2 Å². The van der Waals surface area contributed by atoms with E-state index in [0.29, 0.717) is 11.5 Å². The van der Waals surface area contributed by atoms with E-state index in [1.807, 2.05) is 24.4 Å². The standard InChI is InChI=1S/C26H32N4O2/c1-26(29-16-14-28(15-17-29)25(32)22-10-6-3-7-11-22)24(21-8-4-2-5-9-21)30-18-20(19-31)12-13-23(30)27-26/h2,4-5,8-9,12-13,18-19,22,24H,3,6-7,10-11,14-17H2,1H3. The third-order valence-corrected chi connectivity index (χ3v) is 7.55. The van der Waals surface area contributed by atoms with E-state index in [1.54, 1.807) is 0 Å². The minimum atomic E-state index is -0.476. The van der Waals surface area contributed by atoms with Gasteiger partial charge in [-0.3, -0.25) is 14.5 Å². The van der Waals surface area contributed by atoms with E-state index in [2.05, 4.69) is 45.9 Å². The second-order valence-corrected chi connectivity index (χ2v) is 9.51. The summed E-state index contributed by atoms with van der Waals surface area (Å²) in [5.74, 6) is 1.46. The smallest absolute Gasteiger partial charge is 0.225 e. The average molecular weight is 433 g/mol. The van der Waals surface area contributed by atoms with E-state index >= 15 is 0 Å². The molecule has 1 aromatic rings. The number of carbonyl (C=O) groups is 2. The molecule has 168 valence electrons. The van der Waals surface area contributed by atoms with Crippen molar-refractivity contribution in [2.45, 2.75) is 50.7 Å². The summed E-state index contributed by atoms with van der Waals surface area (Å²) < 4.78 is 0. The van der Waals surface area contributed by atoms with Crippen molar-refractivity contribution in [1.29, 1.82) is 0 Å². The first-order chi connectivity index (χ1) is 15.6. The zero-order valence-electron chi connectivity index (χ0n) is 18.8. The monoisotopic (exact) mass is 432 g/mol. The van der Waals surface area contributed by atoms with Gasteiger partial charge in [-0.25, -0.2) is 4.99 Å². The lowest BCUT2D eigenvalue weighted by molar-refractivity contribution is -0.139. The number of allylic oxidation sites excluding steroid dienone is 2. The molecule has 1 aromatic carbocycles. The lowest BCUT2D eigenvalue weighted by Gasteiger charge is -2.46. The molecule has 2 unspecified atom stereocenters. The second kappa shape index (κ2) is 8.66. The molecule has 0 bridgehead atoms. The molecule has 5 rings (SSSR count). The molecule has 1 aliphatic carbocycles. The van der Waals surface area contributed by atoms with Crippen LogP contribution >= 0.6 is 0 Å². The zero-order valence-corrected chi connectivity index (χ0v) is 18.8. The Morgan fingerprint density at radius 1 is 1.03 bits per heavy atom. The lowest BCUT2D eigenvalue weighted by Crippen LogP contribution is -2.59. The minimum Gasteiger partial charge on any atom is -0.340 e. The summed E-state index contributed by atoms with van der Waals surface area (Å²) in [6.07, 6.45) is 12.3. The third kappa shape index (κ3) is 3.71. The topological polar surface area (TPSA) is 56.2 Å². The first kappa shape index (κ1) is 21.1. The number of rotatable bonds is 4. The number of piperazine rings is 1. The summed E-state index contributed by atoms with van der Waals surface area (Å²) in [5.41, 5.74) is 1.35. The Hall–Kier alpha value is -2.73. The fourth-order valence-electron chi connectivity index (χ4n) is 5.80. The molecule has 1 saturated heterocycles. The summed E-state index contributed by atoms with van der Waals surface area (Å²) in [4.78, 5) is 36.3. The first-order valence-electron chi connectivity index (χ1n) is 11.9. The molecule has 2 fully saturated rings. The maximum Gasteiger partial charge on any atom is 0.225 e. The van der Waals surface area contributed by atoms with Crippen molar-refractivity contribution < 1.29 is 9.59 Å². The Morgan fingerprint density at radius 3 is 2.44 bits per heavy atom. The molecule has 2 atom stereocenters. The van der Waals surface area contributed by atoms with Gasteiger partial charge in [0.15, 0.2) is 6.29 Å². The number of hydrogen-bond donors (Lipinski definition) is 0. The molecule has 1 amide bonds. The minimum absolute atomic E-state index is 0.0285. The molecule has 6 nitrogen and oxygen atoms in total. The van der Waals surface area contributed by atoms with Crippen LogP contribution in [0.5, 0.6) is 0 Å². The van der Waals surface area contributed by atoms with Crippen LogP contribution in [0, 0.1) is 5.92 Å². The van der Waals surface area contributed by atoms with E-state index < -0.39 is 5.66 Å². The van der Waals surface area contributed by atoms with Crippen molar-refractivity contribution in [3.05, 3.63) is 59.8 Å². The highest BCUT2D eigenvalue weighted by atomic mass is 16.2. The largest absolute Gasteiger partial charge is 0.340 e. The highest BCUT2D eigenvalue weighted by molar-refractivity contribution is 6.00. The van der Waals surface area contributed by atoms with Crippen LogP contribution in [0.4, 0.5) is 0 Å². The summed E-state index contributed by atoms with van der Waals surface area (Å²) in [7, 11) is 0. The number of amidine groups is 1. The van der Waals surface area contributed by atoms with Crippen LogP contribution < -0.4 is 0 Å². The van der Waals surface area contributed by atoms with Gasteiger partial charge in [-0.2, -0.15) is 0 Å². The number of amides is 1. The molecular formula is C26H32N4O2. The van der Waals surface area contributed by atoms with Crippen LogP contribution in [0.2, 0.25) is 0 Å². The van der Waals surface area contributed by atoms with Crippen molar-refractivity contribution in [3.8, 4) is 0 Å². The van der Waals surface area contributed by atoms with Crippen molar-refractivity contribution in [1.82, 2.24) is 14.7 Å². The van der Waals surface area contributed by atoms with Gasteiger partial charge in [-0.15, -0.1) is 0 Å². The maximum atomic E-state index is 13.0. The van der Waals surface area contributed by atoms with Gasteiger partial charge >= 0.3 is 0 Å². The molecule has 0 N–H and O–H groups in total. The number of aldehydes is 1. The molecule has 0 aromatic heterocycles. The van der Waals surface area contributed by atoms with Gasteiger partial charge in [0.2, 0.25) is 5.91 Å². The Labute approximate surface area is 190 Å². The molecular weight excluding hydrogens is 400 g/mol. The normalized spacial score (nSPS) is 28.8.